The molecular weight excluding hydrogens is 355 g/mol. The van der Waals surface area contributed by atoms with Crippen LogP contribution in [-0.2, 0) is 33.4 Å². The molecule has 0 heterocycles. The van der Waals surface area contributed by atoms with Gasteiger partial charge in [-0.3, -0.25) is 19.2 Å². The van der Waals surface area contributed by atoms with E-state index >= 15 is 0 Å². The van der Waals surface area contributed by atoms with Crippen molar-refractivity contribution in [2.24, 2.45) is 0 Å². The molecule has 0 saturated carbocycles. The predicted octanol–water partition coefficient (Wildman–Crippen LogP) is -1.24. The number of ketones is 1. The van der Waals surface area contributed by atoms with Crippen LogP contribution in [0.25, 0.3) is 0 Å². The third-order valence-corrected chi connectivity index (χ3v) is 2.21. The molecule has 0 spiro atoms. The van der Waals surface area contributed by atoms with Crippen LogP contribution in [0, 0.1) is 0 Å². The van der Waals surface area contributed by atoms with Gasteiger partial charge in [-0.2, -0.15) is 0 Å². The fourth-order valence-electron chi connectivity index (χ4n) is 1.04. The monoisotopic (exact) mass is 378 g/mol. The number of carbonyl (C=O) groups is 4. The fourth-order valence-corrected chi connectivity index (χ4v) is 1.11. The van der Waals surface area contributed by atoms with Gasteiger partial charge < -0.3 is 15.6 Å². The van der Waals surface area contributed by atoms with Crippen LogP contribution in [-0.4, -0.2) is 48.9 Å². The van der Waals surface area contributed by atoms with Gasteiger partial charge in [-0.15, -0.1) is 11.6 Å². The molecule has 0 aromatic heterocycles. The Balaban J connectivity index is -0.000000154. The SMILES string of the molecule is CCOC(=O)CC(=O)C(C)Cl.CCOC(=O)CC(=O)OCC.[H-].[K+]. The molecule has 0 bridgehead atoms. The molecule has 1 atom stereocenters. The summed E-state index contributed by atoms with van der Waals surface area (Å²) >= 11 is 5.42. The number of Topliss-reactive ketones (excluding diaryl/α,β-unsaturated/α-hetero) is 1. The summed E-state index contributed by atoms with van der Waals surface area (Å²) in [6.07, 6.45) is -0.514. The zero-order valence-corrected chi connectivity index (χ0v) is 18.2. The summed E-state index contributed by atoms with van der Waals surface area (Å²) in [6, 6.07) is 0. The normalized spacial score (nSPS) is 10.1. The van der Waals surface area contributed by atoms with Crippen molar-refractivity contribution < 1.29 is 86.2 Å². The van der Waals surface area contributed by atoms with Gasteiger partial charge in [0.1, 0.15) is 12.8 Å². The maximum absolute atomic E-state index is 10.8. The molecule has 0 aliphatic heterocycles. The molecule has 0 radical (unpaired) electrons. The number of hydrogen-bond donors (Lipinski definition) is 0. The first-order valence-corrected chi connectivity index (χ1v) is 7.35. The van der Waals surface area contributed by atoms with E-state index in [9.17, 15) is 19.2 Å². The van der Waals surface area contributed by atoms with E-state index < -0.39 is 23.3 Å². The van der Waals surface area contributed by atoms with Crippen LogP contribution in [0.3, 0.4) is 0 Å². The maximum Gasteiger partial charge on any atom is 1.00 e. The van der Waals surface area contributed by atoms with Crippen molar-refractivity contribution in [2.45, 2.75) is 45.9 Å². The molecule has 0 aliphatic rings. The minimum absolute atomic E-state index is 0. The van der Waals surface area contributed by atoms with E-state index in [0.29, 0.717) is 6.61 Å². The Labute approximate surface area is 185 Å². The molecular formula is C14H24ClKO7. The summed E-state index contributed by atoms with van der Waals surface area (Å²) in [5, 5.41) is -0.612. The minimum atomic E-state index is -0.612. The quantitative estimate of drug-likeness (QED) is 0.171. The van der Waals surface area contributed by atoms with Crippen LogP contribution in [0.2, 0.25) is 0 Å². The van der Waals surface area contributed by atoms with E-state index in [4.69, 9.17) is 11.6 Å². The van der Waals surface area contributed by atoms with Gasteiger partial charge in [0.05, 0.1) is 25.2 Å². The second-order valence-electron chi connectivity index (χ2n) is 3.85. The average Bonchev–Trinajstić information content (AvgIpc) is 2.39. The fraction of sp³-hybridized carbons (Fsp3) is 0.714. The van der Waals surface area contributed by atoms with Crippen LogP contribution in [0.4, 0.5) is 0 Å². The molecule has 130 valence electrons. The molecule has 0 amide bonds. The first-order chi connectivity index (χ1) is 10.3. The number of esters is 3. The van der Waals surface area contributed by atoms with Crippen molar-refractivity contribution in [3.8, 4) is 0 Å². The summed E-state index contributed by atoms with van der Waals surface area (Å²) in [5.74, 6) is -1.88. The molecule has 23 heavy (non-hydrogen) atoms. The van der Waals surface area contributed by atoms with E-state index in [0.717, 1.165) is 0 Å². The van der Waals surface area contributed by atoms with Crippen molar-refractivity contribution in [1.82, 2.24) is 0 Å². The topological polar surface area (TPSA) is 96.0 Å². The second-order valence-corrected chi connectivity index (χ2v) is 4.51. The standard InChI is InChI=1S/C7H11ClO3.C7H12O4.K.H/c1-3-11-7(10)4-6(9)5(2)8;1-3-10-6(8)5-7(9)11-4-2;;/h5H,3-4H2,1-2H3;3-5H2,1-2H3;;/q;;+1;-1. The van der Waals surface area contributed by atoms with Crippen LogP contribution >= 0.6 is 11.6 Å². The van der Waals surface area contributed by atoms with Gasteiger partial charge in [0.2, 0.25) is 0 Å². The molecule has 0 fully saturated rings. The van der Waals surface area contributed by atoms with Gasteiger partial charge in [0.15, 0.2) is 5.78 Å². The molecule has 0 aromatic rings. The molecule has 0 rings (SSSR count). The smallest absolute Gasteiger partial charge is 1.00 e. The Morgan fingerprint density at radius 2 is 1.13 bits per heavy atom. The van der Waals surface area contributed by atoms with E-state index in [1.807, 2.05) is 0 Å². The van der Waals surface area contributed by atoms with E-state index in [1.54, 1.807) is 20.8 Å². The first kappa shape index (κ1) is 27.8. The summed E-state index contributed by atoms with van der Waals surface area (Å²) in [6.45, 7) is 7.46. The molecule has 9 heteroatoms. The van der Waals surface area contributed by atoms with Crippen LogP contribution in [0.15, 0.2) is 0 Å². The third-order valence-electron chi connectivity index (χ3n) is 1.97. The summed E-state index contributed by atoms with van der Waals surface area (Å²) in [4.78, 5) is 42.7. The number of hydrogen-bond acceptors (Lipinski definition) is 7. The van der Waals surface area contributed by atoms with Gasteiger partial charge in [-0.1, -0.05) is 0 Å². The summed E-state index contributed by atoms with van der Waals surface area (Å²) < 4.78 is 13.6. The summed E-state index contributed by atoms with van der Waals surface area (Å²) in [7, 11) is 0. The van der Waals surface area contributed by atoms with Crippen molar-refractivity contribution in [2.75, 3.05) is 19.8 Å². The van der Waals surface area contributed by atoms with E-state index in [1.165, 1.54) is 6.92 Å². The Morgan fingerprint density at radius 3 is 1.39 bits per heavy atom. The summed E-state index contributed by atoms with van der Waals surface area (Å²) in [5.41, 5.74) is 0. The van der Waals surface area contributed by atoms with Crippen LogP contribution in [0.5, 0.6) is 0 Å². The van der Waals surface area contributed by atoms with Gasteiger partial charge in [0, 0.05) is 0 Å². The maximum atomic E-state index is 10.8. The minimum Gasteiger partial charge on any atom is -1.00 e. The number of halogens is 1. The molecule has 1 unspecified atom stereocenters. The number of alkyl halides is 1. The van der Waals surface area contributed by atoms with Gasteiger partial charge >= 0.3 is 69.3 Å². The molecule has 0 N–H and O–H groups in total. The number of rotatable bonds is 8. The molecule has 0 aromatic carbocycles. The Hall–Kier alpha value is 0.00636. The molecule has 0 aliphatic carbocycles. The van der Waals surface area contributed by atoms with Crippen molar-refractivity contribution >= 4 is 35.3 Å². The van der Waals surface area contributed by atoms with E-state index in [-0.39, 0.29) is 84.6 Å². The van der Waals surface area contributed by atoms with Gasteiger partial charge in [0.25, 0.3) is 0 Å². The zero-order valence-electron chi connectivity index (χ0n) is 15.3. The Kier molecular flexibility index (Phi) is 22.2. The molecule has 0 saturated heterocycles. The Morgan fingerprint density at radius 1 is 0.826 bits per heavy atom. The average molecular weight is 379 g/mol. The van der Waals surface area contributed by atoms with E-state index in [2.05, 4.69) is 14.2 Å². The molecule has 7 nitrogen and oxygen atoms in total. The Bertz CT molecular complexity index is 362. The van der Waals surface area contributed by atoms with Crippen molar-refractivity contribution in [3.63, 3.8) is 0 Å². The van der Waals surface area contributed by atoms with Crippen LogP contribution < -0.4 is 51.4 Å². The van der Waals surface area contributed by atoms with Gasteiger partial charge in [-0.05, 0) is 27.7 Å². The van der Waals surface area contributed by atoms with Gasteiger partial charge in [-0.25, -0.2) is 0 Å². The number of ether oxygens (including phenoxy) is 3. The van der Waals surface area contributed by atoms with Crippen molar-refractivity contribution in [3.05, 3.63) is 0 Å². The van der Waals surface area contributed by atoms with Crippen LogP contribution in [0.1, 0.15) is 42.0 Å². The first-order valence-electron chi connectivity index (χ1n) is 6.91. The third kappa shape index (κ3) is 20.0. The number of carbonyl (C=O) groups excluding carboxylic acids is 4. The zero-order chi connectivity index (χ0) is 17.5. The predicted molar refractivity (Wildman–Crippen MR) is 80.6 cm³/mol. The largest absolute Gasteiger partial charge is 1.00 e. The second kappa shape index (κ2) is 18.3. The van der Waals surface area contributed by atoms with Crippen molar-refractivity contribution in [1.29, 1.82) is 0 Å².